The Balaban J connectivity index is 1.74. The summed E-state index contributed by atoms with van der Waals surface area (Å²) in [6, 6.07) is 0. The maximum absolute atomic E-state index is 5.82. The van der Waals surface area contributed by atoms with Gasteiger partial charge in [-0.05, 0) is 57.8 Å². The maximum atomic E-state index is 5.82. The predicted octanol–water partition coefficient (Wildman–Crippen LogP) is 3.52. The molecular formula is C15H24O2. The molecule has 3 aliphatic carbocycles. The van der Waals surface area contributed by atoms with Crippen molar-refractivity contribution in [1.82, 2.24) is 0 Å². The van der Waals surface area contributed by atoms with Crippen LogP contribution in [-0.4, -0.2) is 19.5 Å². The van der Waals surface area contributed by atoms with Crippen molar-refractivity contribution < 1.29 is 9.47 Å². The highest BCUT2D eigenvalue weighted by molar-refractivity contribution is 5.33. The van der Waals surface area contributed by atoms with Crippen molar-refractivity contribution >= 4 is 0 Å². The van der Waals surface area contributed by atoms with Crippen LogP contribution >= 0.6 is 0 Å². The molecular weight excluding hydrogens is 212 g/mol. The highest BCUT2D eigenvalue weighted by atomic mass is 16.7. The minimum Gasteiger partial charge on any atom is -0.353 e. The van der Waals surface area contributed by atoms with E-state index in [1.807, 2.05) is 5.57 Å². The third kappa shape index (κ3) is 1.86. The number of hydrogen-bond acceptors (Lipinski definition) is 2. The smallest absolute Gasteiger partial charge is 0.160 e. The molecule has 0 amide bonds. The molecule has 2 nitrogen and oxygen atoms in total. The van der Waals surface area contributed by atoms with Gasteiger partial charge in [-0.15, -0.1) is 0 Å². The molecule has 17 heavy (non-hydrogen) atoms. The minimum absolute atomic E-state index is 0.0506. The Labute approximate surface area is 104 Å². The lowest BCUT2D eigenvalue weighted by molar-refractivity contribution is -0.176. The van der Waals surface area contributed by atoms with Crippen LogP contribution in [0.5, 0.6) is 0 Å². The van der Waals surface area contributed by atoms with Gasteiger partial charge >= 0.3 is 0 Å². The van der Waals surface area contributed by atoms with Crippen LogP contribution in [0.1, 0.15) is 46.0 Å². The molecule has 0 aromatic heterocycles. The molecule has 3 atom stereocenters. The molecule has 96 valence electrons. The Bertz CT molecular complexity index is 315. The topological polar surface area (TPSA) is 18.5 Å². The maximum Gasteiger partial charge on any atom is 0.160 e. The monoisotopic (exact) mass is 236 g/mol. The Morgan fingerprint density at radius 3 is 2.65 bits per heavy atom. The molecule has 0 heterocycles. The van der Waals surface area contributed by atoms with Crippen molar-refractivity contribution in [1.29, 1.82) is 0 Å². The highest BCUT2D eigenvalue weighted by Gasteiger charge is 2.49. The lowest BCUT2D eigenvalue weighted by Crippen LogP contribution is -2.33. The van der Waals surface area contributed by atoms with E-state index in [-0.39, 0.29) is 6.29 Å². The van der Waals surface area contributed by atoms with Crippen molar-refractivity contribution in [3.63, 3.8) is 0 Å². The summed E-state index contributed by atoms with van der Waals surface area (Å²) in [5.74, 6) is 2.37. The van der Waals surface area contributed by atoms with E-state index in [2.05, 4.69) is 13.8 Å². The van der Waals surface area contributed by atoms with Gasteiger partial charge in [-0.3, -0.25) is 0 Å². The fourth-order valence-electron chi connectivity index (χ4n) is 4.36. The first kappa shape index (κ1) is 11.7. The molecule has 2 saturated carbocycles. The van der Waals surface area contributed by atoms with Gasteiger partial charge in [0.25, 0.3) is 0 Å². The number of ether oxygens (including phenoxy) is 2. The molecule has 2 bridgehead atoms. The van der Waals surface area contributed by atoms with Crippen molar-refractivity contribution in [3.8, 4) is 0 Å². The van der Waals surface area contributed by atoms with E-state index in [0.717, 1.165) is 25.0 Å². The van der Waals surface area contributed by atoms with Crippen LogP contribution in [0, 0.1) is 17.8 Å². The number of rotatable bonds is 5. The highest BCUT2D eigenvalue weighted by Crippen LogP contribution is 2.58. The van der Waals surface area contributed by atoms with E-state index >= 15 is 0 Å². The van der Waals surface area contributed by atoms with Gasteiger partial charge in [0, 0.05) is 19.1 Å². The third-order valence-electron chi connectivity index (χ3n) is 4.91. The zero-order valence-corrected chi connectivity index (χ0v) is 11.1. The number of hydrogen-bond donors (Lipinski definition) is 0. The first-order valence-corrected chi connectivity index (χ1v) is 7.29. The zero-order chi connectivity index (χ0) is 11.8. The number of allylic oxidation sites excluding steroid dienone is 2. The Hall–Kier alpha value is -0.340. The van der Waals surface area contributed by atoms with Gasteiger partial charge in [-0.2, -0.15) is 0 Å². The molecule has 3 unspecified atom stereocenters. The minimum atomic E-state index is 0.0506. The van der Waals surface area contributed by atoms with Gasteiger partial charge in [0.15, 0.2) is 6.29 Å². The van der Waals surface area contributed by atoms with Crippen LogP contribution < -0.4 is 0 Å². The van der Waals surface area contributed by atoms with Crippen molar-refractivity contribution in [2.45, 2.75) is 52.2 Å². The van der Waals surface area contributed by atoms with E-state index in [1.54, 1.807) is 5.57 Å². The van der Waals surface area contributed by atoms with Crippen molar-refractivity contribution in [3.05, 3.63) is 11.1 Å². The molecule has 0 aromatic rings. The van der Waals surface area contributed by atoms with Crippen LogP contribution in [0.25, 0.3) is 0 Å². The van der Waals surface area contributed by atoms with Crippen LogP contribution in [0.4, 0.5) is 0 Å². The van der Waals surface area contributed by atoms with Gasteiger partial charge in [0.1, 0.15) is 0 Å². The third-order valence-corrected chi connectivity index (χ3v) is 4.91. The van der Waals surface area contributed by atoms with E-state index in [9.17, 15) is 0 Å². The molecule has 0 N–H and O–H groups in total. The second-order valence-electron chi connectivity index (χ2n) is 5.64. The molecule has 2 fully saturated rings. The van der Waals surface area contributed by atoms with Gasteiger partial charge in [0.2, 0.25) is 0 Å². The van der Waals surface area contributed by atoms with E-state index < -0.39 is 0 Å². The average molecular weight is 236 g/mol. The summed E-state index contributed by atoms with van der Waals surface area (Å²) in [4.78, 5) is 0. The average Bonchev–Trinajstić information content (AvgIpc) is 3.00. The molecule has 3 rings (SSSR count). The Morgan fingerprint density at radius 2 is 1.94 bits per heavy atom. The van der Waals surface area contributed by atoms with Gasteiger partial charge in [0.05, 0.1) is 0 Å². The first-order chi connectivity index (χ1) is 8.35. The second-order valence-corrected chi connectivity index (χ2v) is 5.64. The second kappa shape index (κ2) is 4.74. The SMILES string of the molecule is CCOC(OCC)C1CC2=C3CCCC3C1C2. The van der Waals surface area contributed by atoms with Gasteiger partial charge in [-0.25, -0.2) is 0 Å². The molecule has 0 spiro atoms. The molecule has 3 aliphatic rings. The summed E-state index contributed by atoms with van der Waals surface area (Å²) in [5, 5.41) is 0. The summed E-state index contributed by atoms with van der Waals surface area (Å²) in [6.07, 6.45) is 6.88. The van der Waals surface area contributed by atoms with Gasteiger partial charge in [-0.1, -0.05) is 11.1 Å². The standard InChI is InChI=1S/C15H24O2/c1-3-16-15(17-4-2)14-9-10-8-13(14)12-7-5-6-11(10)12/h12-15H,3-9H2,1-2H3. The van der Waals surface area contributed by atoms with E-state index in [1.165, 1.54) is 32.1 Å². The molecule has 0 aromatic carbocycles. The van der Waals surface area contributed by atoms with Crippen molar-refractivity contribution in [2.75, 3.05) is 13.2 Å². The largest absolute Gasteiger partial charge is 0.353 e. The van der Waals surface area contributed by atoms with Crippen LogP contribution in [0.3, 0.4) is 0 Å². The normalized spacial score (nSPS) is 35.1. The van der Waals surface area contributed by atoms with Crippen LogP contribution in [0.15, 0.2) is 11.1 Å². The first-order valence-electron chi connectivity index (χ1n) is 7.29. The number of fused-ring (bicyclic) bond motifs is 4. The summed E-state index contributed by atoms with van der Waals surface area (Å²) < 4.78 is 11.6. The summed E-state index contributed by atoms with van der Waals surface area (Å²) in [6.45, 7) is 5.67. The summed E-state index contributed by atoms with van der Waals surface area (Å²) >= 11 is 0. The predicted molar refractivity (Wildman–Crippen MR) is 67.6 cm³/mol. The van der Waals surface area contributed by atoms with Crippen LogP contribution in [-0.2, 0) is 9.47 Å². The lowest BCUT2D eigenvalue weighted by atomic mass is 9.80. The van der Waals surface area contributed by atoms with Crippen molar-refractivity contribution in [2.24, 2.45) is 17.8 Å². The molecule has 0 radical (unpaired) electrons. The zero-order valence-electron chi connectivity index (χ0n) is 11.1. The fourth-order valence-corrected chi connectivity index (χ4v) is 4.36. The molecule has 0 saturated heterocycles. The van der Waals surface area contributed by atoms with Gasteiger partial charge < -0.3 is 9.47 Å². The van der Waals surface area contributed by atoms with E-state index in [4.69, 9.17) is 9.47 Å². The van der Waals surface area contributed by atoms with E-state index in [0.29, 0.717) is 5.92 Å². The summed E-state index contributed by atoms with van der Waals surface area (Å²) in [5.41, 5.74) is 3.60. The lowest BCUT2D eigenvalue weighted by Gasteiger charge is -2.32. The Morgan fingerprint density at radius 1 is 1.18 bits per heavy atom. The molecule has 0 aliphatic heterocycles. The molecule has 2 heteroatoms. The fraction of sp³-hybridized carbons (Fsp3) is 0.867. The summed E-state index contributed by atoms with van der Waals surface area (Å²) in [7, 11) is 0. The quantitative estimate of drug-likeness (QED) is 0.537. The Kier molecular flexibility index (Phi) is 3.27. The van der Waals surface area contributed by atoms with Crippen LogP contribution in [0.2, 0.25) is 0 Å².